The van der Waals surface area contributed by atoms with Crippen molar-refractivity contribution in [3.05, 3.63) is 42.0 Å². The second-order valence-electron chi connectivity index (χ2n) is 4.34. The molecule has 0 heterocycles. The molecule has 0 spiro atoms. The number of anilines is 2. The Bertz CT molecular complexity index is 830. The Labute approximate surface area is 120 Å². The molecule has 0 radical (unpaired) electrons. The van der Waals surface area contributed by atoms with Crippen LogP contribution < -0.4 is 11.5 Å². The summed E-state index contributed by atoms with van der Waals surface area (Å²) >= 11 is 0. The van der Waals surface area contributed by atoms with E-state index in [-0.39, 0.29) is 28.1 Å². The van der Waals surface area contributed by atoms with Gasteiger partial charge < -0.3 is 16.6 Å². The predicted molar refractivity (Wildman–Crippen MR) is 77.5 cm³/mol. The van der Waals surface area contributed by atoms with Crippen LogP contribution in [0, 0.1) is 0 Å². The first-order valence-corrected chi connectivity index (χ1v) is 7.14. The first kappa shape index (κ1) is 14.8. The number of rotatable bonds is 3. The van der Waals surface area contributed by atoms with Crippen molar-refractivity contribution in [3.8, 4) is 11.1 Å². The topological polar surface area (TPSA) is 144 Å². The molecule has 110 valence electrons. The van der Waals surface area contributed by atoms with E-state index in [1.807, 2.05) is 0 Å². The Morgan fingerprint density at radius 2 is 1.48 bits per heavy atom. The molecule has 0 saturated carbocycles. The van der Waals surface area contributed by atoms with Crippen molar-refractivity contribution >= 4 is 27.5 Å². The lowest BCUT2D eigenvalue weighted by Crippen LogP contribution is -2.06. The van der Waals surface area contributed by atoms with Crippen LogP contribution in [0.1, 0.15) is 10.4 Å². The maximum Gasteiger partial charge on any atom is 0.336 e. The van der Waals surface area contributed by atoms with E-state index >= 15 is 0 Å². The molecule has 0 aliphatic rings. The largest absolute Gasteiger partial charge is 0.478 e. The molecule has 0 aliphatic carbocycles. The molecule has 0 amide bonds. The number of benzene rings is 2. The van der Waals surface area contributed by atoms with Crippen molar-refractivity contribution in [3.63, 3.8) is 0 Å². The minimum atomic E-state index is -4.54. The van der Waals surface area contributed by atoms with Crippen LogP contribution in [-0.4, -0.2) is 24.0 Å². The van der Waals surface area contributed by atoms with Gasteiger partial charge in [-0.1, -0.05) is 0 Å². The molecule has 0 aliphatic heterocycles. The highest BCUT2D eigenvalue weighted by Gasteiger charge is 2.21. The zero-order chi connectivity index (χ0) is 15.8. The Balaban J connectivity index is 2.87. The summed E-state index contributed by atoms with van der Waals surface area (Å²) in [4.78, 5) is 10.8. The molecule has 6 N–H and O–H groups in total. The molecule has 2 aromatic carbocycles. The molecule has 21 heavy (non-hydrogen) atoms. The third-order valence-corrected chi connectivity index (χ3v) is 3.76. The Morgan fingerprint density at radius 1 is 0.952 bits per heavy atom. The van der Waals surface area contributed by atoms with Crippen LogP contribution >= 0.6 is 0 Å². The molecule has 7 nitrogen and oxygen atoms in total. The number of carboxylic acid groups (broad SMARTS) is 1. The highest BCUT2D eigenvalue weighted by atomic mass is 32.2. The highest BCUT2D eigenvalue weighted by Crippen LogP contribution is 2.33. The first-order chi connectivity index (χ1) is 9.70. The van der Waals surface area contributed by atoms with E-state index in [0.717, 1.165) is 6.07 Å². The molecule has 0 aromatic heterocycles. The maximum atomic E-state index is 11.4. The summed E-state index contributed by atoms with van der Waals surface area (Å²) in [7, 11) is -4.54. The highest BCUT2D eigenvalue weighted by molar-refractivity contribution is 7.86. The fraction of sp³-hybridized carbons (Fsp3) is 0. The monoisotopic (exact) mass is 308 g/mol. The zero-order valence-electron chi connectivity index (χ0n) is 10.6. The van der Waals surface area contributed by atoms with Crippen LogP contribution in [0.3, 0.4) is 0 Å². The van der Waals surface area contributed by atoms with Gasteiger partial charge in [-0.15, -0.1) is 0 Å². The second kappa shape index (κ2) is 5.08. The van der Waals surface area contributed by atoms with Gasteiger partial charge in [0.2, 0.25) is 0 Å². The number of hydrogen-bond acceptors (Lipinski definition) is 5. The summed E-state index contributed by atoms with van der Waals surface area (Å²) < 4.78 is 32.2. The zero-order valence-corrected chi connectivity index (χ0v) is 11.5. The fourth-order valence-electron chi connectivity index (χ4n) is 1.95. The number of aromatic carboxylic acids is 1. The van der Waals surface area contributed by atoms with E-state index in [1.165, 1.54) is 30.3 Å². The van der Waals surface area contributed by atoms with E-state index in [9.17, 15) is 22.9 Å². The molecule has 2 aromatic rings. The molecular formula is C13H12N2O5S. The van der Waals surface area contributed by atoms with E-state index in [0.29, 0.717) is 0 Å². The quantitative estimate of drug-likeness (QED) is 0.496. The minimum Gasteiger partial charge on any atom is -0.478 e. The lowest BCUT2D eigenvalue weighted by molar-refractivity contribution is 0.0697. The van der Waals surface area contributed by atoms with Gasteiger partial charge in [0.25, 0.3) is 10.1 Å². The van der Waals surface area contributed by atoms with Gasteiger partial charge in [0.1, 0.15) is 4.90 Å². The lowest BCUT2D eigenvalue weighted by Gasteiger charge is -2.12. The Morgan fingerprint density at radius 3 is 2.00 bits per heavy atom. The number of nitrogen functional groups attached to an aromatic ring is 2. The van der Waals surface area contributed by atoms with Gasteiger partial charge in [-0.25, -0.2) is 4.79 Å². The molecule has 0 atom stereocenters. The van der Waals surface area contributed by atoms with Gasteiger partial charge in [-0.05, 0) is 42.0 Å². The van der Waals surface area contributed by atoms with Crippen molar-refractivity contribution in [1.82, 2.24) is 0 Å². The van der Waals surface area contributed by atoms with Crippen LogP contribution in [-0.2, 0) is 10.1 Å². The van der Waals surface area contributed by atoms with Gasteiger partial charge in [0.15, 0.2) is 0 Å². The second-order valence-corrected chi connectivity index (χ2v) is 5.73. The van der Waals surface area contributed by atoms with Crippen molar-refractivity contribution in [2.75, 3.05) is 11.5 Å². The normalized spacial score (nSPS) is 11.3. The van der Waals surface area contributed by atoms with Gasteiger partial charge in [0.05, 0.1) is 5.56 Å². The summed E-state index contributed by atoms with van der Waals surface area (Å²) in [6.45, 7) is 0. The standard InChI is InChI=1S/C13H12N2O5S/c14-7-1-3-9(13(16)17)10(5-7)11-6-8(15)2-4-12(11)21(18,19)20/h1-6H,14-15H2,(H,16,17)(H,18,19,20). The van der Waals surface area contributed by atoms with E-state index in [2.05, 4.69) is 0 Å². The van der Waals surface area contributed by atoms with Crippen LogP contribution in [0.15, 0.2) is 41.3 Å². The average molecular weight is 308 g/mol. The first-order valence-electron chi connectivity index (χ1n) is 5.70. The van der Waals surface area contributed by atoms with E-state index in [1.54, 1.807) is 0 Å². The van der Waals surface area contributed by atoms with Crippen molar-refractivity contribution < 1.29 is 22.9 Å². The summed E-state index contributed by atoms with van der Waals surface area (Å²) in [6, 6.07) is 7.61. The summed E-state index contributed by atoms with van der Waals surface area (Å²) in [6.07, 6.45) is 0. The summed E-state index contributed by atoms with van der Waals surface area (Å²) in [5.41, 5.74) is 11.6. The molecule has 0 bridgehead atoms. The fourth-order valence-corrected chi connectivity index (χ4v) is 2.64. The third-order valence-electron chi connectivity index (χ3n) is 2.85. The third kappa shape index (κ3) is 2.96. The van der Waals surface area contributed by atoms with Gasteiger partial charge >= 0.3 is 5.97 Å². The van der Waals surface area contributed by atoms with Crippen LogP contribution in [0.5, 0.6) is 0 Å². The number of carboxylic acids is 1. The maximum absolute atomic E-state index is 11.4. The Kier molecular flexibility index (Phi) is 3.58. The van der Waals surface area contributed by atoms with Crippen LogP contribution in [0.25, 0.3) is 11.1 Å². The summed E-state index contributed by atoms with van der Waals surface area (Å²) in [5.74, 6) is -1.26. The SMILES string of the molecule is Nc1ccc(C(=O)O)c(-c2cc(N)ccc2S(=O)(=O)O)c1. The van der Waals surface area contributed by atoms with Crippen molar-refractivity contribution in [2.24, 2.45) is 0 Å². The van der Waals surface area contributed by atoms with Crippen LogP contribution in [0.2, 0.25) is 0 Å². The number of hydrogen-bond donors (Lipinski definition) is 4. The van der Waals surface area contributed by atoms with E-state index < -0.39 is 21.0 Å². The molecule has 0 saturated heterocycles. The summed E-state index contributed by atoms with van der Waals surface area (Å²) in [5, 5.41) is 9.20. The molecule has 0 fully saturated rings. The number of nitrogens with two attached hydrogens (primary N) is 2. The van der Waals surface area contributed by atoms with Gasteiger partial charge in [0, 0.05) is 16.9 Å². The number of carbonyl (C=O) groups is 1. The van der Waals surface area contributed by atoms with Crippen LogP contribution in [0.4, 0.5) is 11.4 Å². The Hall–Kier alpha value is -2.58. The molecule has 8 heteroatoms. The van der Waals surface area contributed by atoms with E-state index in [4.69, 9.17) is 11.5 Å². The average Bonchev–Trinajstić information content (AvgIpc) is 2.36. The predicted octanol–water partition coefficient (Wildman–Crippen LogP) is 1.46. The minimum absolute atomic E-state index is 0.0257. The molecule has 2 rings (SSSR count). The van der Waals surface area contributed by atoms with Gasteiger partial charge in [-0.2, -0.15) is 8.42 Å². The van der Waals surface area contributed by atoms with Gasteiger partial charge in [-0.3, -0.25) is 4.55 Å². The lowest BCUT2D eigenvalue weighted by atomic mass is 9.98. The molecular weight excluding hydrogens is 296 g/mol. The van der Waals surface area contributed by atoms with Crippen molar-refractivity contribution in [1.29, 1.82) is 0 Å². The van der Waals surface area contributed by atoms with Crippen molar-refractivity contribution in [2.45, 2.75) is 4.90 Å². The smallest absolute Gasteiger partial charge is 0.336 e. The molecule has 0 unspecified atom stereocenters.